The van der Waals surface area contributed by atoms with Crippen molar-refractivity contribution in [2.24, 2.45) is 0 Å². The topological polar surface area (TPSA) is 48.7 Å². The van der Waals surface area contributed by atoms with Crippen LogP contribution in [0, 0.1) is 36.8 Å². The van der Waals surface area contributed by atoms with E-state index in [-0.39, 0.29) is 11.5 Å². The van der Waals surface area contributed by atoms with Gasteiger partial charge >= 0.3 is 0 Å². The molecule has 0 saturated heterocycles. The average molecular weight is 259 g/mol. The fraction of sp³-hybridized carbons (Fsp3) is 0.143. The summed E-state index contributed by atoms with van der Waals surface area (Å²) in [5, 5.41) is 11.8. The molecule has 5 heteroatoms. The number of halogens is 2. The van der Waals surface area contributed by atoms with Gasteiger partial charge in [-0.05, 0) is 37.6 Å². The number of aromatic nitrogens is 1. The van der Waals surface area contributed by atoms with Crippen molar-refractivity contribution in [1.82, 2.24) is 4.98 Å². The summed E-state index contributed by atoms with van der Waals surface area (Å²) < 4.78 is 26.7. The van der Waals surface area contributed by atoms with E-state index in [0.717, 1.165) is 11.6 Å². The molecule has 0 unspecified atom stereocenters. The number of pyridine rings is 1. The van der Waals surface area contributed by atoms with Crippen molar-refractivity contribution in [3.05, 3.63) is 52.7 Å². The average Bonchev–Trinajstić information content (AvgIpc) is 2.34. The van der Waals surface area contributed by atoms with Gasteiger partial charge in [-0.25, -0.2) is 13.8 Å². The van der Waals surface area contributed by atoms with E-state index in [4.69, 9.17) is 5.26 Å². The first-order valence-corrected chi connectivity index (χ1v) is 5.62. The third-order valence-electron chi connectivity index (χ3n) is 2.66. The van der Waals surface area contributed by atoms with Gasteiger partial charge < -0.3 is 5.32 Å². The second kappa shape index (κ2) is 5.02. The Kier molecular flexibility index (Phi) is 3.43. The lowest BCUT2D eigenvalue weighted by Crippen LogP contribution is -2.03. The van der Waals surface area contributed by atoms with E-state index in [1.807, 2.05) is 6.07 Å². The van der Waals surface area contributed by atoms with Crippen molar-refractivity contribution in [2.45, 2.75) is 13.8 Å². The van der Waals surface area contributed by atoms with Gasteiger partial charge in [0.1, 0.15) is 11.9 Å². The molecule has 2 rings (SSSR count). The van der Waals surface area contributed by atoms with Crippen LogP contribution >= 0.6 is 0 Å². The van der Waals surface area contributed by atoms with Crippen molar-refractivity contribution < 1.29 is 8.78 Å². The lowest BCUT2D eigenvalue weighted by atomic mass is 10.1. The molecule has 19 heavy (non-hydrogen) atoms. The Morgan fingerprint density at radius 3 is 2.68 bits per heavy atom. The maximum absolute atomic E-state index is 13.6. The fourth-order valence-electron chi connectivity index (χ4n) is 1.80. The Bertz CT molecular complexity index is 675. The molecule has 0 atom stereocenters. The highest BCUT2D eigenvalue weighted by Gasteiger charge is 2.12. The lowest BCUT2D eigenvalue weighted by molar-refractivity contribution is 0.511. The number of nitrogens with one attached hydrogen (secondary N) is 1. The van der Waals surface area contributed by atoms with Crippen molar-refractivity contribution in [3.8, 4) is 6.07 Å². The van der Waals surface area contributed by atoms with Crippen LogP contribution in [0.2, 0.25) is 0 Å². The molecule has 0 saturated carbocycles. The summed E-state index contributed by atoms with van der Waals surface area (Å²) >= 11 is 0. The van der Waals surface area contributed by atoms with Crippen LogP contribution in [0.4, 0.5) is 20.3 Å². The van der Waals surface area contributed by atoms with Gasteiger partial charge in [-0.2, -0.15) is 5.26 Å². The zero-order chi connectivity index (χ0) is 14.0. The normalized spacial score (nSPS) is 10.1. The maximum Gasteiger partial charge on any atom is 0.182 e. The van der Waals surface area contributed by atoms with E-state index in [9.17, 15) is 8.78 Å². The number of hydrogen-bond acceptors (Lipinski definition) is 3. The van der Waals surface area contributed by atoms with Crippen molar-refractivity contribution in [1.29, 1.82) is 5.26 Å². The van der Waals surface area contributed by atoms with Crippen molar-refractivity contribution >= 4 is 11.5 Å². The monoisotopic (exact) mass is 259 g/mol. The zero-order valence-electron chi connectivity index (χ0n) is 10.5. The van der Waals surface area contributed by atoms with Gasteiger partial charge in [-0.3, -0.25) is 0 Å². The Balaban J connectivity index is 2.50. The van der Waals surface area contributed by atoms with Gasteiger partial charge in [0.15, 0.2) is 11.6 Å². The molecule has 0 aliphatic rings. The smallest absolute Gasteiger partial charge is 0.182 e. The third kappa shape index (κ3) is 2.52. The predicted octanol–water partition coefficient (Wildman–Crippen LogP) is 3.59. The van der Waals surface area contributed by atoms with E-state index in [1.165, 1.54) is 12.1 Å². The molecule has 96 valence electrons. The van der Waals surface area contributed by atoms with Gasteiger partial charge in [0, 0.05) is 5.69 Å². The van der Waals surface area contributed by atoms with Crippen LogP contribution in [0.1, 0.15) is 16.8 Å². The van der Waals surface area contributed by atoms with Gasteiger partial charge in [0.25, 0.3) is 0 Å². The minimum Gasteiger partial charge on any atom is -0.337 e. The molecule has 0 bridgehead atoms. The summed E-state index contributed by atoms with van der Waals surface area (Å²) in [6.07, 6.45) is 0. The van der Waals surface area contributed by atoms with E-state index in [0.29, 0.717) is 11.3 Å². The first-order chi connectivity index (χ1) is 9.02. The SMILES string of the molecule is Cc1cc(C)c(C#N)c(Nc2cccc(F)c2F)n1. The first kappa shape index (κ1) is 13.0. The molecule has 1 aromatic carbocycles. The van der Waals surface area contributed by atoms with Crippen LogP contribution in [0.3, 0.4) is 0 Å². The molecule has 0 radical (unpaired) electrons. The molecule has 1 N–H and O–H groups in total. The van der Waals surface area contributed by atoms with Crippen LogP contribution in [-0.4, -0.2) is 4.98 Å². The molecule has 0 fully saturated rings. The standard InChI is InChI=1S/C14H11F2N3/c1-8-6-9(2)18-14(10(8)7-17)19-12-5-3-4-11(15)13(12)16/h3-6H,1-2H3,(H,18,19). The molecule has 1 heterocycles. The van der Waals surface area contributed by atoms with Crippen LogP contribution in [0.15, 0.2) is 24.3 Å². The van der Waals surface area contributed by atoms with E-state index in [2.05, 4.69) is 10.3 Å². The summed E-state index contributed by atoms with van der Waals surface area (Å²) in [6, 6.07) is 7.56. The molecule has 3 nitrogen and oxygen atoms in total. The summed E-state index contributed by atoms with van der Waals surface area (Å²) in [4.78, 5) is 4.15. The van der Waals surface area contributed by atoms with Gasteiger partial charge in [-0.1, -0.05) is 6.07 Å². The number of aryl methyl sites for hydroxylation is 2. The molecule has 0 aliphatic carbocycles. The number of nitrogens with zero attached hydrogens (tertiary/aromatic N) is 2. The van der Waals surface area contributed by atoms with Crippen LogP contribution in [-0.2, 0) is 0 Å². The number of rotatable bonds is 2. The largest absolute Gasteiger partial charge is 0.337 e. The molecule has 2 aromatic rings. The molecule has 0 spiro atoms. The highest BCUT2D eigenvalue weighted by atomic mass is 19.2. The number of benzene rings is 1. The quantitative estimate of drug-likeness (QED) is 0.896. The van der Waals surface area contributed by atoms with Gasteiger partial charge in [-0.15, -0.1) is 0 Å². The maximum atomic E-state index is 13.6. The second-order valence-corrected chi connectivity index (χ2v) is 4.14. The molecule has 0 amide bonds. The van der Waals surface area contributed by atoms with Crippen molar-refractivity contribution in [3.63, 3.8) is 0 Å². The lowest BCUT2D eigenvalue weighted by Gasteiger charge is -2.11. The summed E-state index contributed by atoms with van der Waals surface area (Å²) in [5.41, 5.74) is 1.69. The van der Waals surface area contributed by atoms with E-state index >= 15 is 0 Å². The van der Waals surface area contributed by atoms with E-state index < -0.39 is 11.6 Å². The second-order valence-electron chi connectivity index (χ2n) is 4.14. The summed E-state index contributed by atoms with van der Waals surface area (Å²) in [5.74, 6) is -1.72. The molecular weight excluding hydrogens is 248 g/mol. The summed E-state index contributed by atoms with van der Waals surface area (Å²) in [6.45, 7) is 3.53. The molecule has 1 aromatic heterocycles. The van der Waals surface area contributed by atoms with Gasteiger partial charge in [0.2, 0.25) is 0 Å². The highest BCUT2D eigenvalue weighted by Crippen LogP contribution is 2.24. The number of nitriles is 1. The fourth-order valence-corrected chi connectivity index (χ4v) is 1.80. The minimum absolute atomic E-state index is 0.0472. The van der Waals surface area contributed by atoms with Crippen LogP contribution in [0.25, 0.3) is 0 Å². The Morgan fingerprint density at radius 2 is 2.00 bits per heavy atom. The summed E-state index contributed by atoms with van der Waals surface area (Å²) in [7, 11) is 0. The van der Waals surface area contributed by atoms with Crippen LogP contribution in [0.5, 0.6) is 0 Å². The number of hydrogen-bond donors (Lipinski definition) is 1. The number of anilines is 2. The predicted molar refractivity (Wildman–Crippen MR) is 68.1 cm³/mol. The zero-order valence-corrected chi connectivity index (χ0v) is 10.5. The Hall–Kier alpha value is -2.48. The first-order valence-electron chi connectivity index (χ1n) is 5.62. The third-order valence-corrected chi connectivity index (χ3v) is 2.66. The minimum atomic E-state index is -0.993. The van der Waals surface area contributed by atoms with Gasteiger partial charge in [0.05, 0.1) is 11.3 Å². The molecular formula is C14H11F2N3. The Labute approximate surface area is 109 Å². The Morgan fingerprint density at radius 1 is 1.26 bits per heavy atom. The molecule has 0 aliphatic heterocycles. The van der Waals surface area contributed by atoms with Crippen LogP contribution < -0.4 is 5.32 Å². The van der Waals surface area contributed by atoms with Crippen molar-refractivity contribution in [2.75, 3.05) is 5.32 Å². The van der Waals surface area contributed by atoms with E-state index in [1.54, 1.807) is 19.9 Å². The highest BCUT2D eigenvalue weighted by molar-refractivity contribution is 5.65.